The topological polar surface area (TPSA) is 17.8 Å². The Morgan fingerprint density at radius 2 is 2.00 bits per heavy atom. The van der Waals surface area contributed by atoms with Crippen LogP contribution in [0.5, 0.6) is 0 Å². The zero-order valence-electron chi connectivity index (χ0n) is 9.79. The Morgan fingerprint density at radius 1 is 1.25 bits per heavy atom. The van der Waals surface area contributed by atoms with E-state index in [2.05, 4.69) is 41.6 Å². The Morgan fingerprint density at radius 3 is 2.50 bits per heavy atom. The fourth-order valence-corrected chi connectivity index (χ4v) is 1.98. The molecule has 0 atom stereocenters. The van der Waals surface area contributed by atoms with Gasteiger partial charge in [0, 0.05) is 17.3 Å². The van der Waals surface area contributed by atoms with E-state index >= 15 is 0 Å². The minimum absolute atomic E-state index is 0.559. The lowest BCUT2D eigenvalue weighted by atomic mass is 10.1. The van der Waals surface area contributed by atoms with E-state index in [0.29, 0.717) is 5.88 Å². The molecule has 0 fully saturated rings. The Hall–Kier alpha value is -1.28. The number of rotatable bonds is 2. The Kier molecular flexibility index (Phi) is 3.01. The number of hydrogen-bond donors (Lipinski definition) is 0. The minimum Gasteiger partial charge on any atom is -0.303 e. The second kappa shape index (κ2) is 4.30. The van der Waals surface area contributed by atoms with E-state index in [4.69, 9.17) is 11.6 Å². The van der Waals surface area contributed by atoms with Crippen LogP contribution in [0.25, 0.3) is 5.69 Å². The first-order valence-corrected chi connectivity index (χ1v) is 5.83. The van der Waals surface area contributed by atoms with Crippen LogP contribution in [-0.4, -0.2) is 9.55 Å². The van der Waals surface area contributed by atoms with E-state index in [9.17, 15) is 0 Å². The molecule has 0 amide bonds. The van der Waals surface area contributed by atoms with E-state index in [1.807, 2.05) is 13.3 Å². The van der Waals surface area contributed by atoms with Crippen LogP contribution >= 0.6 is 11.6 Å². The van der Waals surface area contributed by atoms with Crippen LogP contribution in [0.1, 0.15) is 22.5 Å². The van der Waals surface area contributed by atoms with Crippen molar-refractivity contribution in [2.24, 2.45) is 0 Å². The number of nitrogens with zero attached hydrogens (tertiary/aromatic N) is 2. The molecule has 0 saturated heterocycles. The standard InChI is InChI=1S/C13H15ClN2/c1-9-6-12(7-14)4-5-13(9)16-8-15-10(2)11(16)3/h4-6,8H,7H2,1-3H3. The number of benzene rings is 1. The maximum Gasteiger partial charge on any atom is 0.0997 e. The average Bonchev–Trinajstić information content (AvgIpc) is 2.60. The summed E-state index contributed by atoms with van der Waals surface area (Å²) >= 11 is 5.81. The smallest absolute Gasteiger partial charge is 0.0997 e. The molecule has 0 aliphatic rings. The molecule has 0 spiro atoms. The Bertz CT molecular complexity index is 515. The number of aryl methyl sites for hydroxylation is 2. The molecule has 3 heteroatoms. The highest BCUT2D eigenvalue weighted by atomic mass is 35.5. The van der Waals surface area contributed by atoms with E-state index < -0.39 is 0 Å². The van der Waals surface area contributed by atoms with E-state index in [1.165, 1.54) is 16.9 Å². The Balaban J connectivity index is 2.52. The zero-order valence-corrected chi connectivity index (χ0v) is 10.5. The van der Waals surface area contributed by atoms with Gasteiger partial charge in [-0.25, -0.2) is 4.98 Å². The van der Waals surface area contributed by atoms with Gasteiger partial charge in [0.25, 0.3) is 0 Å². The normalized spacial score (nSPS) is 10.8. The summed E-state index contributed by atoms with van der Waals surface area (Å²) in [6.45, 7) is 6.20. The van der Waals surface area contributed by atoms with Crippen LogP contribution in [0.4, 0.5) is 0 Å². The van der Waals surface area contributed by atoms with Crippen molar-refractivity contribution in [1.82, 2.24) is 9.55 Å². The highest BCUT2D eigenvalue weighted by Gasteiger charge is 2.07. The molecular weight excluding hydrogens is 220 g/mol. The van der Waals surface area contributed by atoms with Gasteiger partial charge in [0.1, 0.15) is 0 Å². The van der Waals surface area contributed by atoms with Gasteiger partial charge < -0.3 is 4.57 Å². The van der Waals surface area contributed by atoms with Crippen LogP contribution in [0.2, 0.25) is 0 Å². The van der Waals surface area contributed by atoms with Gasteiger partial charge in [-0.1, -0.05) is 12.1 Å². The van der Waals surface area contributed by atoms with E-state index in [1.54, 1.807) is 0 Å². The van der Waals surface area contributed by atoms with Crippen molar-refractivity contribution in [3.05, 3.63) is 47.0 Å². The van der Waals surface area contributed by atoms with Crippen LogP contribution in [0.3, 0.4) is 0 Å². The predicted molar refractivity (Wildman–Crippen MR) is 67.3 cm³/mol. The zero-order chi connectivity index (χ0) is 11.7. The molecule has 0 radical (unpaired) electrons. The maximum absolute atomic E-state index is 5.81. The third-order valence-corrected chi connectivity index (χ3v) is 3.24. The van der Waals surface area contributed by atoms with Crippen molar-refractivity contribution in [3.8, 4) is 5.69 Å². The molecule has 0 aliphatic heterocycles. The molecule has 2 nitrogen and oxygen atoms in total. The van der Waals surface area contributed by atoms with Crippen molar-refractivity contribution < 1.29 is 0 Å². The summed E-state index contributed by atoms with van der Waals surface area (Å²) in [5.74, 6) is 0.559. The molecule has 0 bridgehead atoms. The molecule has 16 heavy (non-hydrogen) atoms. The van der Waals surface area contributed by atoms with Gasteiger partial charge in [0.15, 0.2) is 0 Å². The van der Waals surface area contributed by atoms with Gasteiger partial charge in [0.2, 0.25) is 0 Å². The molecule has 0 saturated carbocycles. The van der Waals surface area contributed by atoms with Crippen molar-refractivity contribution in [2.45, 2.75) is 26.7 Å². The second-order valence-electron chi connectivity index (χ2n) is 4.04. The van der Waals surface area contributed by atoms with Crippen LogP contribution < -0.4 is 0 Å². The number of alkyl halides is 1. The lowest BCUT2D eigenvalue weighted by Crippen LogP contribution is -1.98. The van der Waals surface area contributed by atoms with Crippen LogP contribution in [0, 0.1) is 20.8 Å². The maximum atomic E-state index is 5.81. The largest absolute Gasteiger partial charge is 0.303 e. The average molecular weight is 235 g/mol. The van der Waals surface area contributed by atoms with Gasteiger partial charge in [-0.15, -0.1) is 11.6 Å². The highest BCUT2D eigenvalue weighted by Crippen LogP contribution is 2.19. The first kappa shape index (κ1) is 11.2. The number of imidazole rings is 1. The van der Waals surface area contributed by atoms with Gasteiger partial charge in [-0.05, 0) is 38.0 Å². The summed E-state index contributed by atoms with van der Waals surface area (Å²) in [6, 6.07) is 6.28. The molecule has 1 aromatic carbocycles. The molecular formula is C13H15ClN2. The SMILES string of the molecule is Cc1cc(CCl)ccc1-n1cnc(C)c1C. The summed E-state index contributed by atoms with van der Waals surface area (Å²) in [5.41, 5.74) is 5.80. The molecule has 1 heterocycles. The molecule has 0 N–H and O–H groups in total. The predicted octanol–water partition coefficient (Wildman–Crippen LogP) is 3.54. The van der Waals surface area contributed by atoms with E-state index in [-0.39, 0.29) is 0 Å². The van der Waals surface area contributed by atoms with Crippen LogP contribution in [0.15, 0.2) is 24.5 Å². The van der Waals surface area contributed by atoms with Crippen molar-refractivity contribution in [3.63, 3.8) is 0 Å². The molecule has 84 valence electrons. The minimum atomic E-state index is 0.559. The summed E-state index contributed by atoms with van der Waals surface area (Å²) in [7, 11) is 0. The molecule has 0 aliphatic carbocycles. The van der Waals surface area contributed by atoms with Crippen molar-refractivity contribution in [1.29, 1.82) is 0 Å². The van der Waals surface area contributed by atoms with Gasteiger partial charge in [-0.2, -0.15) is 0 Å². The van der Waals surface area contributed by atoms with Gasteiger partial charge in [0.05, 0.1) is 12.0 Å². The number of hydrogen-bond acceptors (Lipinski definition) is 1. The molecule has 0 unspecified atom stereocenters. The third-order valence-electron chi connectivity index (χ3n) is 2.93. The Labute approximate surface area is 101 Å². The van der Waals surface area contributed by atoms with Gasteiger partial charge in [-0.3, -0.25) is 0 Å². The monoisotopic (exact) mass is 234 g/mol. The molecule has 2 rings (SSSR count). The van der Waals surface area contributed by atoms with Crippen molar-refractivity contribution in [2.75, 3.05) is 0 Å². The van der Waals surface area contributed by atoms with Crippen LogP contribution in [-0.2, 0) is 5.88 Å². The number of halogens is 1. The highest BCUT2D eigenvalue weighted by molar-refractivity contribution is 6.17. The van der Waals surface area contributed by atoms with E-state index in [0.717, 1.165) is 11.3 Å². The fraction of sp³-hybridized carbons (Fsp3) is 0.308. The quantitative estimate of drug-likeness (QED) is 0.727. The first-order chi connectivity index (χ1) is 7.63. The number of aromatic nitrogens is 2. The molecule has 2 aromatic rings. The summed E-state index contributed by atoms with van der Waals surface area (Å²) < 4.78 is 2.11. The summed E-state index contributed by atoms with van der Waals surface area (Å²) in [6.07, 6.45) is 1.87. The first-order valence-electron chi connectivity index (χ1n) is 5.30. The van der Waals surface area contributed by atoms with Crippen molar-refractivity contribution >= 4 is 11.6 Å². The molecule has 1 aromatic heterocycles. The lowest BCUT2D eigenvalue weighted by molar-refractivity contribution is 0.986. The summed E-state index contributed by atoms with van der Waals surface area (Å²) in [5, 5.41) is 0. The third kappa shape index (κ3) is 1.85. The second-order valence-corrected chi connectivity index (χ2v) is 4.31. The summed E-state index contributed by atoms with van der Waals surface area (Å²) in [4.78, 5) is 4.31. The van der Waals surface area contributed by atoms with Gasteiger partial charge >= 0.3 is 0 Å². The lowest BCUT2D eigenvalue weighted by Gasteiger charge is -2.10. The fourth-order valence-electron chi connectivity index (χ4n) is 1.81.